The summed E-state index contributed by atoms with van der Waals surface area (Å²) in [5.74, 6) is 0. The van der Waals surface area contributed by atoms with E-state index < -0.39 is 0 Å². The van der Waals surface area contributed by atoms with E-state index in [1.807, 2.05) is 6.07 Å². The van der Waals surface area contributed by atoms with Crippen LogP contribution < -0.4 is 5.43 Å². The predicted molar refractivity (Wildman–Crippen MR) is 36.5 cm³/mol. The predicted octanol–water partition coefficient (Wildman–Crippen LogP) is 0.555. The highest BCUT2D eigenvalue weighted by Crippen LogP contribution is 1.89. The van der Waals surface area contributed by atoms with Crippen molar-refractivity contribution in [3.63, 3.8) is 0 Å². The van der Waals surface area contributed by atoms with Gasteiger partial charge in [-0.2, -0.15) is 5.26 Å². The molecule has 1 heterocycles. The maximum absolute atomic E-state index is 10.7. The zero-order valence-electron chi connectivity index (χ0n) is 5.51. The molecule has 0 aromatic carbocycles. The molecule has 1 aromatic heterocycles. The van der Waals surface area contributed by atoms with Gasteiger partial charge in [0.05, 0.1) is 0 Å². The number of H-pyrrole nitrogens is 1. The van der Waals surface area contributed by atoms with Crippen molar-refractivity contribution in [2.24, 2.45) is 0 Å². The van der Waals surface area contributed by atoms with Crippen molar-refractivity contribution < 1.29 is 0 Å². The lowest BCUT2D eigenvalue weighted by Crippen LogP contribution is -2.01. The molecule has 1 rings (SSSR count). The Kier molecular flexibility index (Phi) is 1.55. The maximum atomic E-state index is 10.7. The van der Waals surface area contributed by atoms with Crippen molar-refractivity contribution in [3.05, 3.63) is 33.7 Å². The lowest BCUT2D eigenvalue weighted by Gasteiger charge is -1.90. The Morgan fingerprint density at radius 1 is 1.60 bits per heavy atom. The van der Waals surface area contributed by atoms with Crippen LogP contribution in [0.25, 0.3) is 0 Å². The van der Waals surface area contributed by atoms with Crippen molar-refractivity contribution >= 4 is 0 Å². The summed E-state index contributed by atoms with van der Waals surface area (Å²) in [7, 11) is 0. The highest BCUT2D eigenvalue weighted by molar-refractivity contribution is 5.21. The highest BCUT2D eigenvalue weighted by Gasteiger charge is 1.91. The van der Waals surface area contributed by atoms with Crippen LogP contribution in [0.5, 0.6) is 0 Å². The van der Waals surface area contributed by atoms with Gasteiger partial charge in [0.15, 0.2) is 5.43 Å². The third-order valence-electron chi connectivity index (χ3n) is 1.10. The van der Waals surface area contributed by atoms with Crippen LogP contribution in [0.3, 0.4) is 0 Å². The average molecular weight is 134 g/mol. The zero-order chi connectivity index (χ0) is 7.56. The summed E-state index contributed by atoms with van der Waals surface area (Å²) in [5, 5.41) is 8.37. The van der Waals surface area contributed by atoms with Gasteiger partial charge in [0.1, 0.15) is 11.8 Å². The van der Waals surface area contributed by atoms with Crippen LogP contribution in [-0.4, -0.2) is 4.98 Å². The minimum absolute atomic E-state index is 0.132. The van der Waals surface area contributed by atoms with Crippen molar-refractivity contribution in [1.82, 2.24) is 4.98 Å². The van der Waals surface area contributed by atoms with E-state index in [1.54, 1.807) is 6.92 Å². The van der Waals surface area contributed by atoms with E-state index in [0.29, 0.717) is 11.4 Å². The molecule has 0 atom stereocenters. The minimum atomic E-state index is -0.132. The van der Waals surface area contributed by atoms with Gasteiger partial charge in [-0.3, -0.25) is 4.79 Å². The van der Waals surface area contributed by atoms with Gasteiger partial charge in [0, 0.05) is 17.8 Å². The van der Waals surface area contributed by atoms with Crippen molar-refractivity contribution in [1.29, 1.82) is 5.26 Å². The number of hydrogen-bond donors (Lipinski definition) is 1. The lowest BCUT2D eigenvalue weighted by atomic mass is 10.3. The molecule has 1 aromatic rings. The SMILES string of the molecule is Cc1cc(=O)cc(C#N)[nH]1. The van der Waals surface area contributed by atoms with Crippen LogP contribution in [0.15, 0.2) is 16.9 Å². The number of nitriles is 1. The van der Waals surface area contributed by atoms with Gasteiger partial charge in [-0.15, -0.1) is 0 Å². The molecule has 50 valence electrons. The smallest absolute Gasteiger partial charge is 0.183 e. The third-order valence-corrected chi connectivity index (χ3v) is 1.10. The van der Waals surface area contributed by atoms with Gasteiger partial charge < -0.3 is 4.98 Å². The van der Waals surface area contributed by atoms with Crippen LogP contribution in [0.4, 0.5) is 0 Å². The molecule has 0 bridgehead atoms. The average Bonchev–Trinajstić information content (AvgIpc) is 1.85. The van der Waals surface area contributed by atoms with E-state index in [2.05, 4.69) is 4.98 Å². The number of pyridine rings is 1. The van der Waals surface area contributed by atoms with Crippen molar-refractivity contribution in [2.45, 2.75) is 6.92 Å². The fourth-order valence-electron chi connectivity index (χ4n) is 0.742. The van der Waals surface area contributed by atoms with Crippen LogP contribution in [0.2, 0.25) is 0 Å². The second kappa shape index (κ2) is 2.36. The Morgan fingerprint density at radius 3 is 2.80 bits per heavy atom. The maximum Gasteiger partial charge on any atom is 0.183 e. The van der Waals surface area contributed by atoms with Gasteiger partial charge in [-0.1, -0.05) is 0 Å². The molecule has 0 aliphatic rings. The van der Waals surface area contributed by atoms with Crippen LogP contribution in [0.1, 0.15) is 11.4 Å². The number of rotatable bonds is 0. The van der Waals surface area contributed by atoms with Gasteiger partial charge in [-0.25, -0.2) is 0 Å². The van der Waals surface area contributed by atoms with Crippen LogP contribution in [0, 0.1) is 18.3 Å². The molecule has 0 spiro atoms. The number of nitrogens with one attached hydrogen (secondary N) is 1. The van der Waals surface area contributed by atoms with Crippen molar-refractivity contribution in [2.75, 3.05) is 0 Å². The monoisotopic (exact) mass is 134 g/mol. The molecule has 10 heavy (non-hydrogen) atoms. The van der Waals surface area contributed by atoms with Gasteiger partial charge >= 0.3 is 0 Å². The van der Waals surface area contributed by atoms with Gasteiger partial charge in [0.25, 0.3) is 0 Å². The van der Waals surface area contributed by atoms with Crippen LogP contribution >= 0.6 is 0 Å². The molecule has 3 nitrogen and oxygen atoms in total. The Hall–Kier alpha value is -1.56. The molecule has 0 unspecified atom stereocenters. The molecule has 1 N–H and O–H groups in total. The Morgan fingerprint density at radius 2 is 2.30 bits per heavy atom. The van der Waals surface area contributed by atoms with E-state index >= 15 is 0 Å². The van der Waals surface area contributed by atoms with E-state index in [9.17, 15) is 4.79 Å². The number of aromatic amines is 1. The summed E-state index contributed by atoms with van der Waals surface area (Å²) < 4.78 is 0. The Bertz CT molecular complexity index is 332. The molecule has 3 heteroatoms. The molecule has 0 amide bonds. The topological polar surface area (TPSA) is 56.6 Å². The quantitative estimate of drug-likeness (QED) is 0.563. The first-order valence-corrected chi connectivity index (χ1v) is 2.83. The van der Waals surface area contributed by atoms with E-state index in [0.717, 1.165) is 0 Å². The summed E-state index contributed by atoms with van der Waals surface area (Å²) in [5.41, 5.74) is 0.891. The molecule has 0 aliphatic heterocycles. The first kappa shape index (κ1) is 6.56. The lowest BCUT2D eigenvalue weighted by molar-refractivity contribution is 1.15. The summed E-state index contributed by atoms with van der Waals surface area (Å²) >= 11 is 0. The van der Waals surface area contributed by atoms with Gasteiger partial charge in [-0.05, 0) is 6.92 Å². The molecular weight excluding hydrogens is 128 g/mol. The van der Waals surface area contributed by atoms with E-state index in [4.69, 9.17) is 5.26 Å². The molecule has 0 saturated carbocycles. The zero-order valence-corrected chi connectivity index (χ0v) is 5.51. The first-order chi connectivity index (χ1) is 4.72. The normalized spacial score (nSPS) is 8.80. The highest BCUT2D eigenvalue weighted by atomic mass is 16.1. The summed E-state index contributed by atoms with van der Waals surface area (Å²) in [6.07, 6.45) is 0. The molecule has 0 aliphatic carbocycles. The fraction of sp³-hybridized carbons (Fsp3) is 0.143. The summed E-state index contributed by atoms with van der Waals surface area (Å²) in [4.78, 5) is 13.4. The molecular formula is C7H6N2O. The number of aromatic nitrogens is 1. The summed E-state index contributed by atoms with van der Waals surface area (Å²) in [6, 6.07) is 4.57. The van der Waals surface area contributed by atoms with Crippen LogP contribution in [-0.2, 0) is 0 Å². The molecule has 0 fully saturated rings. The molecule has 0 saturated heterocycles. The number of aryl methyl sites for hydroxylation is 1. The Balaban J connectivity index is 3.36. The van der Waals surface area contributed by atoms with Gasteiger partial charge in [0.2, 0.25) is 0 Å². The van der Waals surface area contributed by atoms with E-state index in [-0.39, 0.29) is 5.43 Å². The number of hydrogen-bond acceptors (Lipinski definition) is 2. The second-order valence-corrected chi connectivity index (χ2v) is 2.02. The number of nitrogens with zero attached hydrogens (tertiary/aromatic N) is 1. The largest absolute Gasteiger partial charge is 0.350 e. The standard InChI is InChI=1S/C7H6N2O/c1-5-2-7(10)3-6(4-8)9-5/h2-3H,1H3,(H,9,10). The fourth-order valence-corrected chi connectivity index (χ4v) is 0.742. The van der Waals surface area contributed by atoms with Crippen molar-refractivity contribution in [3.8, 4) is 6.07 Å². The summed E-state index contributed by atoms with van der Waals surface area (Å²) in [6.45, 7) is 1.74. The first-order valence-electron chi connectivity index (χ1n) is 2.83. The molecule has 0 radical (unpaired) electrons. The third kappa shape index (κ3) is 1.23. The van der Waals surface area contributed by atoms with E-state index in [1.165, 1.54) is 12.1 Å². The second-order valence-electron chi connectivity index (χ2n) is 2.02. The Labute approximate surface area is 57.9 Å². The minimum Gasteiger partial charge on any atom is -0.350 e.